The van der Waals surface area contributed by atoms with Crippen molar-refractivity contribution >= 4 is 55.2 Å². The van der Waals surface area contributed by atoms with Gasteiger partial charge in [-0.05, 0) is 72.0 Å². The molecule has 1 aliphatic heterocycles. The van der Waals surface area contributed by atoms with Crippen LogP contribution in [0.2, 0.25) is 0 Å². The van der Waals surface area contributed by atoms with E-state index in [1.54, 1.807) is 17.4 Å². The number of carboxylic acids is 1. The molecule has 0 saturated heterocycles. The van der Waals surface area contributed by atoms with Gasteiger partial charge in [-0.3, -0.25) is 15.1 Å². The molecule has 0 radical (unpaired) electrons. The number of anilines is 1. The quantitative estimate of drug-likeness (QED) is 0.579. The Labute approximate surface area is 151 Å². The van der Waals surface area contributed by atoms with Crippen molar-refractivity contribution in [2.75, 3.05) is 4.90 Å². The first-order valence-electron chi connectivity index (χ1n) is 7.86. The molecule has 1 aromatic rings. The van der Waals surface area contributed by atoms with Crippen LogP contribution in [0.4, 0.5) is 5.00 Å². The van der Waals surface area contributed by atoms with Crippen LogP contribution in [0, 0.1) is 0 Å². The molecule has 2 unspecified atom stereocenters. The van der Waals surface area contributed by atoms with E-state index < -0.39 is 11.2 Å². The smallest absolute Gasteiger partial charge is 0.316 e. The summed E-state index contributed by atoms with van der Waals surface area (Å²) in [6.07, 6.45) is 6.17. The monoisotopic (exact) mass is 415 g/mol. The highest BCUT2D eigenvalue weighted by Crippen LogP contribution is 2.52. The van der Waals surface area contributed by atoms with Crippen molar-refractivity contribution in [1.82, 2.24) is 5.43 Å². The van der Waals surface area contributed by atoms with Gasteiger partial charge in [0.15, 0.2) is 10.2 Å². The van der Waals surface area contributed by atoms with Crippen LogP contribution in [0.5, 0.6) is 0 Å². The molecule has 23 heavy (non-hydrogen) atoms. The highest BCUT2D eigenvalue weighted by molar-refractivity contribution is 9.09. The maximum atomic E-state index is 11.2. The molecule has 1 aromatic heterocycles. The zero-order chi connectivity index (χ0) is 16.1. The topological polar surface area (TPSA) is 64.9 Å². The second-order valence-corrected chi connectivity index (χ2v) is 9.39. The largest absolute Gasteiger partial charge is 0.480 e. The summed E-state index contributed by atoms with van der Waals surface area (Å²) in [5, 5.41) is 14.9. The second kappa shape index (κ2) is 5.97. The lowest BCUT2D eigenvalue weighted by Crippen LogP contribution is -2.35. The standard InChI is InChI=1S/C15H18BrN3O2S2/c1-7(13(20)21)22-15-18-17-14(16)19(15)12-10-4-2-3-9(10)11(23-12)8-5-6-8/h7-8,14,17H,2-6H2,1H3,(H,20,21). The number of aliphatic carboxylic acids is 1. The summed E-state index contributed by atoms with van der Waals surface area (Å²) >= 11 is 6.80. The van der Waals surface area contributed by atoms with Crippen LogP contribution in [-0.4, -0.2) is 26.6 Å². The van der Waals surface area contributed by atoms with Gasteiger partial charge >= 0.3 is 5.97 Å². The lowest BCUT2D eigenvalue weighted by atomic mass is 10.1. The Morgan fingerprint density at radius 2 is 2.22 bits per heavy atom. The number of halogens is 1. The summed E-state index contributed by atoms with van der Waals surface area (Å²) in [4.78, 5) is 14.9. The number of thiophene rings is 1. The van der Waals surface area contributed by atoms with E-state index in [0.29, 0.717) is 0 Å². The number of hydrogen-bond donors (Lipinski definition) is 2. The Morgan fingerprint density at radius 1 is 1.48 bits per heavy atom. The Morgan fingerprint density at radius 3 is 2.91 bits per heavy atom. The van der Waals surface area contributed by atoms with Crippen LogP contribution in [0.1, 0.15) is 48.1 Å². The third-order valence-electron chi connectivity index (χ3n) is 4.48. The number of fused-ring (bicyclic) bond motifs is 1. The van der Waals surface area contributed by atoms with Crippen molar-refractivity contribution in [3.8, 4) is 0 Å². The molecule has 0 amide bonds. The van der Waals surface area contributed by atoms with Crippen LogP contribution >= 0.6 is 39.0 Å². The van der Waals surface area contributed by atoms with Crippen molar-refractivity contribution in [2.45, 2.75) is 55.3 Å². The number of nitrogens with zero attached hydrogens (tertiary/aromatic N) is 2. The number of hydrogen-bond acceptors (Lipinski definition) is 6. The average Bonchev–Trinajstić information content (AvgIpc) is 2.97. The van der Waals surface area contributed by atoms with E-state index in [9.17, 15) is 9.90 Å². The number of carbonyl (C=O) groups is 1. The van der Waals surface area contributed by atoms with Crippen LogP contribution in [0.15, 0.2) is 5.10 Å². The van der Waals surface area contributed by atoms with E-state index in [1.165, 1.54) is 48.0 Å². The lowest BCUT2D eigenvalue weighted by molar-refractivity contribution is -0.136. The first kappa shape index (κ1) is 15.8. The molecule has 2 aliphatic carbocycles. The van der Waals surface area contributed by atoms with Gasteiger partial charge in [0.1, 0.15) is 10.3 Å². The minimum atomic E-state index is -0.814. The van der Waals surface area contributed by atoms with Crippen molar-refractivity contribution in [2.24, 2.45) is 5.10 Å². The van der Waals surface area contributed by atoms with Crippen molar-refractivity contribution in [3.63, 3.8) is 0 Å². The normalized spacial score (nSPS) is 24.3. The molecular formula is C15H18BrN3O2S2. The summed E-state index contributed by atoms with van der Waals surface area (Å²) in [6.45, 7) is 1.70. The molecule has 3 aliphatic rings. The third-order valence-corrected chi connectivity index (χ3v) is 7.58. The van der Waals surface area contributed by atoms with Gasteiger partial charge in [0.25, 0.3) is 0 Å². The van der Waals surface area contributed by atoms with Gasteiger partial charge in [0, 0.05) is 4.88 Å². The Bertz CT molecular complexity index is 687. The van der Waals surface area contributed by atoms with E-state index in [0.717, 1.165) is 17.5 Å². The van der Waals surface area contributed by atoms with E-state index in [2.05, 4.69) is 31.4 Å². The van der Waals surface area contributed by atoms with Gasteiger partial charge in [-0.2, -0.15) is 5.10 Å². The SMILES string of the molecule is CC(SC1=NNC(Br)N1c1sc(C2CC2)c2c1CCC2)C(=O)O. The number of amidine groups is 1. The predicted octanol–water partition coefficient (Wildman–Crippen LogP) is 3.68. The Hall–Kier alpha value is -0.730. The molecular weight excluding hydrogens is 398 g/mol. The fraction of sp³-hybridized carbons (Fsp3) is 0.600. The highest BCUT2D eigenvalue weighted by atomic mass is 79.9. The van der Waals surface area contributed by atoms with Crippen LogP contribution < -0.4 is 10.3 Å². The first-order valence-corrected chi connectivity index (χ1v) is 10.5. The van der Waals surface area contributed by atoms with Gasteiger partial charge < -0.3 is 5.11 Å². The Balaban J connectivity index is 1.67. The van der Waals surface area contributed by atoms with Gasteiger partial charge in [-0.15, -0.1) is 11.3 Å². The Kier molecular flexibility index (Phi) is 4.09. The number of hydrazone groups is 1. The van der Waals surface area contributed by atoms with Crippen LogP contribution in [-0.2, 0) is 17.6 Å². The van der Waals surface area contributed by atoms with Crippen molar-refractivity contribution in [1.29, 1.82) is 0 Å². The van der Waals surface area contributed by atoms with E-state index in [-0.39, 0.29) is 5.08 Å². The van der Waals surface area contributed by atoms with Crippen LogP contribution in [0.25, 0.3) is 0 Å². The molecule has 0 spiro atoms. The molecule has 1 saturated carbocycles. The lowest BCUT2D eigenvalue weighted by Gasteiger charge is -2.23. The van der Waals surface area contributed by atoms with Crippen molar-refractivity contribution < 1.29 is 9.90 Å². The number of carboxylic acid groups (broad SMARTS) is 1. The summed E-state index contributed by atoms with van der Waals surface area (Å²) in [7, 11) is 0. The van der Waals surface area contributed by atoms with E-state index in [4.69, 9.17) is 0 Å². The summed E-state index contributed by atoms with van der Waals surface area (Å²) in [6, 6.07) is 0. The van der Waals surface area contributed by atoms with Crippen molar-refractivity contribution in [3.05, 3.63) is 16.0 Å². The molecule has 0 aromatic carbocycles. The molecule has 2 heterocycles. The van der Waals surface area contributed by atoms with Crippen LogP contribution in [0.3, 0.4) is 0 Å². The molecule has 124 valence electrons. The zero-order valence-electron chi connectivity index (χ0n) is 12.7. The molecule has 1 fully saturated rings. The number of alkyl halides is 1. The van der Waals surface area contributed by atoms with E-state index >= 15 is 0 Å². The average molecular weight is 416 g/mol. The fourth-order valence-electron chi connectivity index (χ4n) is 3.15. The molecule has 2 atom stereocenters. The highest BCUT2D eigenvalue weighted by Gasteiger charge is 2.38. The second-order valence-electron chi connectivity index (χ2n) is 6.18. The fourth-order valence-corrected chi connectivity index (χ4v) is 6.41. The molecule has 5 nitrogen and oxygen atoms in total. The van der Waals surface area contributed by atoms with E-state index in [1.807, 2.05) is 11.3 Å². The minimum absolute atomic E-state index is 0.110. The summed E-state index contributed by atoms with van der Waals surface area (Å²) in [5.74, 6) is -0.0540. The predicted molar refractivity (Wildman–Crippen MR) is 98.8 cm³/mol. The number of nitrogens with one attached hydrogen (secondary N) is 1. The van der Waals surface area contributed by atoms with Gasteiger partial charge in [-0.25, -0.2) is 0 Å². The number of rotatable bonds is 4. The molecule has 0 bridgehead atoms. The molecule has 2 N–H and O–H groups in total. The minimum Gasteiger partial charge on any atom is -0.480 e. The molecule has 4 rings (SSSR count). The first-order chi connectivity index (χ1) is 11.1. The maximum Gasteiger partial charge on any atom is 0.316 e. The van der Waals surface area contributed by atoms with Gasteiger partial charge in [-0.1, -0.05) is 11.8 Å². The molecule has 8 heteroatoms. The number of thioether (sulfide) groups is 1. The maximum absolute atomic E-state index is 11.2. The summed E-state index contributed by atoms with van der Waals surface area (Å²) in [5.41, 5.74) is 6.06. The van der Waals surface area contributed by atoms with Gasteiger partial charge in [0.05, 0.1) is 0 Å². The third kappa shape index (κ3) is 2.78. The van der Waals surface area contributed by atoms with Gasteiger partial charge in [0.2, 0.25) is 0 Å². The zero-order valence-corrected chi connectivity index (χ0v) is 15.9. The summed E-state index contributed by atoms with van der Waals surface area (Å²) < 4.78 is 0.